The van der Waals surface area contributed by atoms with E-state index in [9.17, 15) is 31.5 Å². The summed E-state index contributed by atoms with van der Waals surface area (Å²) in [6, 6.07) is 6.48. The highest BCUT2D eigenvalue weighted by atomic mass is 32.2. The summed E-state index contributed by atoms with van der Waals surface area (Å²) in [5.41, 5.74) is 0. The van der Waals surface area contributed by atoms with E-state index in [1.807, 2.05) is 7.05 Å². The molecule has 1 aliphatic heterocycles. The molecule has 1 atom stereocenters. The van der Waals surface area contributed by atoms with Crippen molar-refractivity contribution in [2.45, 2.75) is 34.7 Å². The molecule has 3 N–H and O–H groups in total. The molecule has 164 valence electrons. The number of hydrogen-bond donors (Lipinski definition) is 4. The minimum absolute atomic E-state index is 0.0473. The Bertz CT molecular complexity index is 810. The van der Waals surface area contributed by atoms with Crippen LogP contribution in [0, 0.1) is 0 Å². The molecule has 0 saturated carbocycles. The molecule has 1 saturated heterocycles. The second-order valence-electron chi connectivity index (χ2n) is 6.42. The van der Waals surface area contributed by atoms with Crippen LogP contribution in [-0.4, -0.2) is 72.6 Å². The minimum atomic E-state index is -5.08. The van der Waals surface area contributed by atoms with E-state index in [1.54, 1.807) is 18.2 Å². The van der Waals surface area contributed by atoms with Crippen LogP contribution in [0.5, 0.6) is 0 Å². The molecular formula is C16H21F3N2O6S2. The molecule has 13 heteroatoms. The van der Waals surface area contributed by atoms with Crippen molar-refractivity contribution in [1.82, 2.24) is 9.62 Å². The molecule has 0 aliphatic carbocycles. The first-order valence-corrected chi connectivity index (χ1v) is 10.1. The first-order valence-electron chi connectivity index (χ1n) is 8.20. The molecule has 0 aromatic heterocycles. The molecule has 8 nitrogen and oxygen atoms in total. The number of nitrogens with zero attached hydrogens (tertiary/aromatic N) is 1. The van der Waals surface area contributed by atoms with Gasteiger partial charge in [0.25, 0.3) is 0 Å². The highest BCUT2D eigenvalue weighted by Crippen LogP contribution is 2.33. The van der Waals surface area contributed by atoms with Gasteiger partial charge in [0, 0.05) is 4.75 Å². The van der Waals surface area contributed by atoms with Gasteiger partial charge in [0.1, 0.15) is 6.04 Å². The van der Waals surface area contributed by atoms with Gasteiger partial charge in [-0.25, -0.2) is 13.2 Å². The maximum Gasteiger partial charge on any atom is 0.490 e. The highest BCUT2D eigenvalue weighted by Gasteiger charge is 2.44. The lowest BCUT2D eigenvalue weighted by Gasteiger charge is -2.40. The van der Waals surface area contributed by atoms with Gasteiger partial charge in [-0.2, -0.15) is 30.5 Å². The molecule has 2 rings (SSSR count). The lowest BCUT2D eigenvalue weighted by molar-refractivity contribution is -0.192. The van der Waals surface area contributed by atoms with Crippen molar-refractivity contribution in [2.24, 2.45) is 0 Å². The molecule has 1 aromatic rings. The lowest BCUT2D eigenvalue weighted by Crippen LogP contribution is -2.57. The zero-order valence-electron chi connectivity index (χ0n) is 15.3. The van der Waals surface area contributed by atoms with E-state index in [0.29, 0.717) is 25.9 Å². The lowest BCUT2D eigenvalue weighted by atomic mass is 9.89. The highest BCUT2D eigenvalue weighted by molar-refractivity contribution is 7.89. The van der Waals surface area contributed by atoms with Crippen LogP contribution in [0.25, 0.3) is 0 Å². The summed E-state index contributed by atoms with van der Waals surface area (Å²) in [7, 11) is -1.96. The second kappa shape index (κ2) is 9.78. The Hall–Kier alpha value is -1.83. The van der Waals surface area contributed by atoms with E-state index in [1.165, 1.54) is 12.1 Å². The van der Waals surface area contributed by atoms with Gasteiger partial charge in [-0.05, 0) is 45.1 Å². The fourth-order valence-electron chi connectivity index (χ4n) is 2.51. The molecule has 1 unspecified atom stereocenters. The van der Waals surface area contributed by atoms with Crippen molar-refractivity contribution in [3.8, 4) is 0 Å². The zero-order chi connectivity index (χ0) is 22.5. The van der Waals surface area contributed by atoms with Gasteiger partial charge in [0.05, 0.1) is 4.90 Å². The molecule has 0 amide bonds. The largest absolute Gasteiger partial charge is 0.490 e. The molecule has 1 heterocycles. The third kappa shape index (κ3) is 7.49. The van der Waals surface area contributed by atoms with Crippen LogP contribution >= 0.6 is 12.6 Å². The van der Waals surface area contributed by atoms with Crippen LogP contribution in [0.1, 0.15) is 12.8 Å². The van der Waals surface area contributed by atoms with Crippen LogP contribution in [0.15, 0.2) is 35.2 Å². The average molecular weight is 458 g/mol. The molecule has 1 aliphatic rings. The predicted molar refractivity (Wildman–Crippen MR) is 100 cm³/mol. The summed E-state index contributed by atoms with van der Waals surface area (Å²) in [6.45, 7) is 1.36. The Balaban J connectivity index is 0.000000516. The topological polar surface area (TPSA) is 124 Å². The van der Waals surface area contributed by atoms with Gasteiger partial charge in [-0.1, -0.05) is 18.2 Å². The first kappa shape index (κ1) is 25.2. The standard InChI is InChI=1S/C14H20N2O4S2.C2HF3O2/c1-16-9-7-14(21,8-10-16)12(13(17)18)15-22(19,20)11-5-3-2-4-6-11;3-2(4,5)1(6)7/h2-6,12,15,21H,7-10H2,1H3,(H,17,18);(H,6,7). The Labute approximate surface area is 171 Å². The van der Waals surface area contributed by atoms with Crippen molar-refractivity contribution in [1.29, 1.82) is 0 Å². The fourth-order valence-corrected chi connectivity index (χ4v) is 4.26. The van der Waals surface area contributed by atoms with Crippen LogP contribution in [0.4, 0.5) is 13.2 Å². The van der Waals surface area contributed by atoms with Gasteiger partial charge >= 0.3 is 18.1 Å². The van der Waals surface area contributed by atoms with Crippen LogP contribution in [-0.2, 0) is 19.6 Å². The summed E-state index contributed by atoms with van der Waals surface area (Å²) >= 11 is 4.51. The summed E-state index contributed by atoms with van der Waals surface area (Å²) in [6.07, 6.45) is -4.08. The molecule has 29 heavy (non-hydrogen) atoms. The zero-order valence-corrected chi connectivity index (χ0v) is 17.0. The number of hydrogen-bond acceptors (Lipinski definition) is 6. The molecule has 0 spiro atoms. The number of aliphatic carboxylic acids is 2. The van der Waals surface area contributed by atoms with Crippen molar-refractivity contribution in [3.63, 3.8) is 0 Å². The smallest absolute Gasteiger partial charge is 0.480 e. The van der Waals surface area contributed by atoms with Gasteiger partial charge < -0.3 is 15.1 Å². The van der Waals surface area contributed by atoms with Crippen molar-refractivity contribution in [3.05, 3.63) is 30.3 Å². The van der Waals surface area contributed by atoms with E-state index in [-0.39, 0.29) is 4.90 Å². The number of piperidine rings is 1. The Morgan fingerprint density at radius 2 is 1.62 bits per heavy atom. The number of sulfonamides is 1. The number of rotatable bonds is 5. The number of benzene rings is 1. The number of carboxylic acids is 2. The summed E-state index contributed by atoms with van der Waals surface area (Å²) in [5, 5.41) is 16.6. The molecular weight excluding hydrogens is 437 g/mol. The van der Waals surface area contributed by atoms with Crippen LogP contribution in [0.2, 0.25) is 0 Å². The first-order chi connectivity index (χ1) is 13.2. The maximum absolute atomic E-state index is 12.4. The van der Waals surface area contributed by atoms with Crippen LogP contribution in [0.3, 0.4) is 0 Å². The number of likely N-dealkylation sites (tertiary alicyclic amines) is 1. The number of carbonyl (C=O) groups is 2. The quantitative estimate of drug-likeness (QED) is 0.493. The van der Waals surface area contributed by atoms with E-state index in [4.69, 9.17) is 9.90 Å². The average Bonchev–Trinajstić information content (AvgIpc) is 2.62. The third-order valence-electron chi connectivity index (χ3n) is 4.21. The van der Waals surface area contributed by atoms with Gasteiger partial charge in [0.2, 0.25) is 10.0 Å². The minimum Gasteiger partial charge on any atom is -0.480 e. The van der Waals surface area contributed by atoms with Gasteiger partial charge in [0.15, 0.2) is 0 Å². The van der Waals surface area contributed by atoms with Crippen molar-refractivity contribution < 1.29 is 41.4 Å². The van der Waals surface area contributed by atoms with E-state index >= 15 is 0 Å². The number of thiol groups is 1. The maximum atomic E-state index is 12.4. The molecule has 1 aromatic carbocycles. The monoisotopic (exact) mass is 458 g/mol. The van der Waals surface area contributed by atoms with Gasteiger partial charge in [-0.3, -0.25) is 4.79 Å². The Morgan fingerprint density at radius 1 is 1.17 bits per heavy atom. The summed E-state index contributed by atoms with van der Waals surface area (Å²) in [4.78, 5) is 22.6. The SMILES string of the molecule is CN1CCC(S)(C(NS(=O)(=O)c2ccccc2)C(=O)O)CC1.O=C(O)C(F)(F)F. The van der Waals surface area contributed by atoms with Crippen molar-refractivity contribution in [2.75, 3.05) is 20.1 Å². The third-order valence-corrected chi connectivity index (χ3v) is 6.35. The van der Waals surface area contributed by atoms with Crippen LogP contribution < -0.4 is 4.72 Å². The van der Waals surface area contributed by atoms with E-state index < -0.39 is 38.9 Å². The number of nitrogens with one attached hydrogen (secondary N) is 1. The number of carboxylic acid groups (broad SMARTS) is 2. The van der Waals surface area contributed by atoms with E-state index in [0.717, 1.165) is 0 Å². The second-order valence-corrected chi connectivity index (χ2v) is 9.02. The molecule has 0 bridgehead atoms. The normalized spacial score (nSPS) is 18.2. The summed E-state index contributed by atoms with van der Waals surface area (Å²) < 4.78 is 57.9. The number of alkyl halides is 3. The molecule has 1 fully saturated rings. The Kier molecular flexibility index (Phi) is 8.50. The summed E-state index contributed by atoms with van der Waals surface area (Å²) in [5.74, 6) is -3.97. The fraction of sp³-hybridized carbons (Fsp3) is 0.500. The van der Waals surface area contributed by atoms with Crippen molar-refractivity contribution >= 4 is 34.6 Å². The Morgan fingerprint density at radius 3 is 2.00 bits per heavy atom. The van der Waals surface area contributed by atoms with Gasteiger partial charge in [-0.15, -0.1) is 0 Å². The number of halogens is 3. The molecule has 0 radical (unpaired) electrons. The predicted octanol–water partition coefficient (Wildman–Crippen LogP) is 1.45. The van der Waals surface area contributed by atoms with E-state index in [2.05, 4.69) is 22.3 Å².